The minimum absolute atomic E-state index is 0.0862. The van der Waals surface area contributed by atoms with Crippen LogP contribution in [0, 0.1) is 0 Å². The van der Waals surface area contributed by atoms with Gasteiger partial charge in [0.1, 0.15) is 0 Å². The summed E-state index contributed by atoms with van der Waals surface area (Å²) in [6, 6.07) is 21.4. The van der Waals surface area contributed by atoms with Gasteiger partial charge in [-0.15, -0.1) is 0 Å². The maximum absolute atomic E-state index is 13.1. The Kier molecular flexibility index (Phi) is 12.1. The number of aromatic amines is 2. The number of para-hydroxylation sites is 2. The smallest absolute Gasteiger partial charge is 0.261 e. The van der Waals surface area contributed by atoms with Crippen molar-refractivity contribution in [3.63, 3.8) is 0 Å². The highest BCUT2D eigenvalue weighted by molar-refractivity contribution is 7.93. The number of ether oxygens (including phenoxy) is 2. The molecule has 0 spiro atoms. The van der Waals surface area contributed by atoms with Crippen molar-refractivity contribution in [3.8, 4) is 0 Å². The summed E-state index contributed by atoms with van der Waals surface area (Å²) in [5.41, 5.74) is 2.03. The SMILES string of the molecule is O=C(NCCOCCOCCNC(=O)c1cccc(S(=O)(=O)Nc2cccc3c(Cl)c[nH]c23)c1)c1cccc(S(=O)(=O)Nc2cccc3c(Cl)c[nH]c23)c1. The van der Waals surface area contributed by atoms with Crippen LogP contribution in [0.15, 0.2) is 107 Å². The summed E-state index contributed by atoms with van der Waals surface area (Å²) in [4.78, 5) is 31.2. The number of hydrogen-bond acceptors (Lipinski definition) is 8. The molecule has 0 atom stereocenters. The highest BCUT2D eigenvalue weighted by Gasteiger charge is 2.20. The van der Waals surface area contributed by atoms with Gasteiger partial charge in [0.25, 0.3) is 31.9 Å². The molecule has 0 radical (unpaired) electrons. The molecular formula is C36H34Cl2N6O8S2. The molecule has 0 aliphatic rings. The zero-order chi connectivity index (χ0) is 38.3. The van der Waals surface area contributed by atoms with Crippen LogP contribution in [0.5, 0.6) is 0 Å². The number of sulfonamides is 2. The largest absolute Gasteiger partial charge is 0.377 e. The highest BCUT2D eigenvalue weighted by Crippen LogP contribution is 2.31. The number of benzene rings is 4. The first-order chi connectivity index (χ1) is 25.9. The number of rotatable bonds is 17. The van der Waals surface area contributed by atoms with Crippen molar-refractivity contribution >= 4 is 88.2 Å². The summed E-state index contributed by atoms with van der Waals surface area (Å²) in [7, 11) is -8.04. The average Bonchev–Trinajstić information content (AvgIpc) is 3.75. The minimum atomic E-state index is -4.02. The number of anilines is 2. The van der Waals surface area contributed by atoms with Gasteiger partial charge in [-0.25, -0.2) is 16.8 Å². The van der Waals surface area contributed by atoms with Crippen LogP contribution in [0.2, 0.25) is 10.0 Å². The molecule has 14 nitrogen and oxygen atoms in total. The van der Waals surface area contributed by atoms with E-state index >= 15 is 0 Å². The van der Waals surface area contributed by atoms with E-state index in [1.165, 1.54) is 48.5 Å². The Morgan fingerprint density at radius 1 is 0.574 bits per heavy atom. The standard InChI is InChI=1S/C36H34Cl2N6O8S2/c37-29-21-41-33-27(29)9-3-11-31(33)43-53(47,48)25-7-1-5-23(19-25)35(45)39-13-15-51-17-18-52-16-14-40-36(46)24-6-2-8-26(20-24)54(49,50)44-32-12-4-10-28-30(38)22-42-34(28)32/h1-12,19-22,41-44H,13-18H2,(H,39,45)(H,40,46). The quantitative estimate of drug-likeness (QED) is 0.0625. The van der Waals surface area contributed by atoms with Crippen LogP contribution in [-0.4, -0.2) is 78.1 Å². The van der Waals surface area contributed by atoms with E-state index in [0.717, 1.165) is 0 Å². The van der Waals surface area contributed by atoms with E-state index in [1.54, 1.807) is 48.8 Å². The lowest BCUT2D eigenvalue weighted by atomic mass is 10.2. The van der Waals surface area contributed by atoms with Crippen LogP contribution in [0.1, 0.15) is 20.7 Å². The molecule has 0 fully saturated rings. The maximum atomic E-state index is 13.1. The monoisotopic (exact) mass is 812 g/mol. The van der Waals surface area contributed by atoms with Crippen molar-refractivity contribution in [1.29, 1.82) is 0 Å². The first kappa shape index (κ1) is 38.6. The molecule has 6 rings (SSSR count). The van der Waals surface area contributed by atoms with E-state index in [0.29, 0.717) is 43.2 Å². The highest BCUT2D eigenvalue weighted by atomic mass is 35.5. The van der Waals surface area contributed by atoms with Gasteiger partial charge in [-0.3, -0.25) is 19.0 Å². The Bertz CT molecular complexity index is 2370. The van der Waals surface area contributed by atoms with Crippen LogP contribution in [0.25, 0.3) is 21.8 Å². The van der Waals surface area contributed by atoms with E-state index in [4.69, 9.17) is 32.7 Å². The van der Waals surface area contributed by atoms with Gasteiger partial charge in [0, 0.05) is 47.4 Å². The van der Waals surface area contributed by atoms with Crippen LogP contribution in [0.3, 0.4) is 0 Å². The van der Waals surface area contributed by atoms with E-state index in [1.807, 2.05) is 0 Å². The number of nitrogens with one attached hydrogen (secondary N) is 6. The summed E-state index contributed by atoms with van der Waals surface area (Å²) in [5, 5.41) is 7.64. The number of aromatic nitrogens is 2. The Hall–Kier alpha value is -5.10. The Balaban J connectivity index is 0.878. The molecule has 0 saturated heterocycles. The van der Waals surface area contributed by atoms with Crippen molar-refractivity contribution in [2.24, 2.45) is 0 Å². The zero-order valence-electron chi connectivity index (χ0n) is 28.3. The summed E-state index contributed by atoms with van der Waals surface area (Å²) in [5.74, 6) is -0.945. The molecule has 4 aromatic carbocycles. The lowest BCUT2D eigenvalue weighted by Gasteiger charge is -2.11. The molecule has 2 heterocycles. The lowest BCUT2D eigenvalue weighted by Crippen LogP contribution is -2.29. The van der Waals surface area contributed by atoms with Gasteiger partial charge in [-0.1, -0.05) is 59.6 Å². The molecule has 0 aliphatic carbocycles. The van der Waals surface area contributed by atoms with Gasteiger partial charge < -0.3 is 30.1 Å². The topological polar surface area (TPSA) is 201 Å². The van der Waals surface area contributed by atoms with E-state index in [-0.39, 0.29) is 60.4 Å². The molecule has 0 saturated carbocycles. The lowest BCUT2D eigenvalue weighted by molar-refractivity contribution is 0.0486. The number of H-pyrrole nitrogens is 2. The molecule has 0 unspecified atom stereocenters. The van der Waals surface area contributed by atoms with Crippen LogP contribution in [0.4, 0.5) is 11.4 Å². The summed E-state index contributed by atoms with van der Waals surface area (Å²) >= 11 is 12.3. The number of carbonyl (C=O) groups excluding carboxylic acids is 2. The first-order valence-corrected chi connectivity index (χ1v) is 20.1. The molecule has 6 N–H and O–H groups in total. The molecule has 0 bridgehead atoms. The normalized spacial score (nSPS) is 11.8. The second-order valence-corrected chi connectivity index (χ2v) is 15.9. The van der Waals surface area contributed by atoms with E-state index in [9.17, 15) is 26.4 Å². The fraction of sp³-hybridized carbons (Fsp3) is 0.167. The third-order valence-corrected chi connectivity index (χ3v) is 11.4. The van der Waals surface area contributed by atoms with Crippen LogP contribution < -0.4 is 20.1 Å². The van der Waals surface area contributed by atoms with Crippen molar-refractivity contribution < 1.29 is 35.9 Å². The second kappa shape index (κ2) is 16.9. The first-order valence-electron chi connectivity index (χ1n) is 16.4. The second-order valence-electron chi connectivity index (χ2n) is 11.7. The molecule has 2 amide bonds. The van der Waals surface area contributed by atoms with Crippen molar-refractivity contribution in [2.45, 2.75) is 9.79 Å². The van der Waals surface area contributed by atoms with Crippen LogP contribution >= 0.6 is 23.2 Å². The van der Waals surface area contributed by atoms with Gasteiger partial charge in [-0.05, 0) is 48.5 Å². The Labute approximate surface area is 320 Å². The van der Waals surface area contributed by atoms with E-state index < -0.39 is 31.9 Å². The molecule has 6 aromatic rings. The fourth-order valence-corrected chi connectivity index (χ4v) is 8.08. The van der Waals surface area contributed by atoms with Crippen molar-refractivity contribution in [3.05, 3.63) is 118 Å². The number of fused-ring (bicyclic) bond motifs is 2. The molecule has 2 aromatic heterocycles. The fourth-order valence-electron chi connectivity index (χ4n) is 5.43. The van der Waals surface area contributed by atoms with Gasteiger partial charge in [0.2, 0.25) is 0 Å². The third-order valence-electron chi connectivity index (χ3n) is 8.07. The maximum Gasteiger partial charge on any atom is 0.261 e. The van der Waals surface area contributed by atoms with Gasteiger partial charge in [0.05, 0.1) is 68.7 Å². The minimum Gasteiger partial charge on any atom is -0.377 e. The molecule has 54 heavy (non-hydrogen) atoms. The third kappa shape index (κ3) is 9.15. The Morgan fingerprint density at radius 2 is 0.981 bits per heavy atom. The molecule has 282 valence electrons. The Morgan fingerprint density at radius 3 is 1.41 bits per heavy atom. The summed E-state index contributed by atoms with van der Waals surface area (Å²) in [6.45, 7) is 1.13. The number of carbonyl (C=O) groups is 2. The number of hydrogen-bond donors (Lipinski definition) is 6. The number of halogens is 2. The number of amides is 2. The summed E-state index contributed by atoms with van der Waals surface area (Å²) in [6.07, 6.45) is 3.14. The molecule has 0 aliphatic heterocycles. The predicted octanol–water partition coefficient (Wildman–Crippen LogP) is 5.75. The van der Waals surface area contributed by atoms with Crippen molar-refractivity contribution in [2.75, 3.05) is 49.0 Å². The average molecular weight is 814 g/mol. The molecule has 18 heteroatoms. The van der Waals surface area contributed by atoms with E-state index in [2.05, 4.69) is 30.0 Å². The molecular weight excluding hydrogens is 779 g/mol. The zero-order valence-corrected chi connectivity index (χ0v) is 31.5. The summed E-state index contributed by atoms with van der Waals surface area (Å²) < 4.78 is 68.5. The van der Waals surface area contributed by atoms with Gasteiger partial charge in [-0.2, -0.15) is 0 Å². The van der Waals surface area contributed by atoms with Gasteiger partial charge >= 0.3 is 0 Å². The van der Waals surface area contributed by atoms with Crippen molar-refractivity contribution in [1.82, 2.24) is 20.6 Å². The predicted molar refractivity (Wildman–Crippen MR) is 207 cm³/mol. The van der Waals surface area contributed by atoms with Gasteiger partial charge in [0.15, 0.2) is 0 Å². The van der Waals surface area contributed by atoms with Crippen LogP contribution in [-0.2, 0) is 29.5 Å².